The van der Waals surface area contributed by atoms with Crippen LogP contribution in [0.1, 0.15) is 35.8 Å². The van der Waals surface area contributed by atoms with Gasteiger partial charge in [-0.05, 0) is 23.6 Å². The lowest BCUT2D eigenvalue weighted by Crippen LogP contribution is -2.06. The van der Waals surface area contributed by atoms with Crippen LogP contribution < -0.4 is 5.32 Å². The fourth-order valence-corrected chi connectivity index (χ4v) is 1.73. The van der Waals surface area contributed by atoms with Gasteiger partial charge in [0.1, 0.15) is 5.82 Å². The summed E-state index contributed by atoms with van der Waals surface area (Å²) in [4.78, 5) is 19.5. The van der Waals surface area contributed by atoms with Crippen LogP contribution in [-0.4, -0.2) is 23.0 Å². The number of nitrogens with zero attached hydrogens (tertiary/aromatic N) is 2. The number of nitrogens with one attached hydrogen (secondary N) is 1. The molecular formula is C15H17N3O2. The summed E-state index contributed by atoms with van der Waals surface area (Å²) in [5, 5.41) is 3.11. The molecule has 0 saturated carbocycles. The van der Waals surface area contributed by atoms with Gasteiger partial charge in [0, 0.05) is 5.69 Å². The third kappa shape index (κ3) is 3.32. The number of rotatable bonds is 4. The van der Waals surface area contributed by atoms with Gasteiger partial charge < -0.3 is 10.1 Å². The largest absolute Gasteiger partial charge is 0.464 e. The lowest BCUT2D eigenvalue weighted by atomic mass is 10.0. The van der Waals surface area contributed by atoms with Crippen molar-refractivity contribution in [1.29, 1.82) is 0 Å². The fourth-order valence-electron chi connectivity index (χ4n) is 1.73. The van der Waals surface area contributed by atoms with E-state index in [1.807, 2.05) is 12.1 Å². The number of methoxy groups -OCH3 is 1. The first-order chi connectivity index (χ1) is 9.60. The molecule has 1 heterocycles. The van der Waals surface area contributed by atoms with E-state index in [4.69, 9.17) is 0 Å². The van der Waals surface area contributed by atoms with Gasteiger partial charge >= 0.3 is 5.97 Å². The second-order valence-electron chi connectivity index (χ2n) is 4.68. The lowest BCUT2D eigenvalue weighted by Gasteiger charge is -2.09. The topological polar surface area (TPSA) is 64.1 Å². The number of hydrogen-bond donors (Lipinski definition) is 1. The van der Waals surface area contributed by atoms with E-state index >= 15 is 0 Å². The van der Waals surface area contributed by atoms with Crippen molar-refractivity contribution in [3.8, 4) is 0 Å². The fraction of sp³-hybridized carbons (Fsp3) is 0.267. The van der Waals surface area contributed by atoms with Crippen LogP contribution in [0.25, 0.3) is 0 Å². The minimum Gasteiger partial charge on any atom is -0.464 e. The Labute approximate surface area is 118 Å². The normalized spacial score (nSPS) is 10.4. The maximum atomic E-state index is 11.4. The second-order valence-corrected chi connectivity index (χ2v) is 4.68. The summed E-state index contributed by atoms with van der Waals surface area (Å²) in [6, 6.07) is 8.07. The predicted molar refractivity (Wildman–Crippen MR) is 77.2 cm³/mol. The number of anilines is 2. The first-order valence-electron chi connectivity index (χ1n) is 6.37. The monoisotopic (exact) mass is 271 g/mol. The second kappa shape index (κ2) is 6.14. The third-order valence-corrected chi connectivity index (χ3v) is 2.88. The van der Waals surface area contributed by atoms with E-state index in [1.54, 1.807) is 6.20 Å². The number of carbonyl (C=O) groups is 1. The SMILES string of the molecule is COC(=O)c1cncc(Nc2ccc(C(C)C)cc2)n1. The standard InChI is InChI=1S/C15H17N3O2/c1-10(2)11-4-6-12(7-5-11)17-14-9-16-8-13(18-14)15(19)20-3/h4-10H,1-3H3,(H,17,18). The smallest absolute Gasteiger partial charge is 0.358 e. The van der Waals surface area contributed by atoms with Gasteiger partial charge in [-0.15, -0.1) is 0 Å². The van der Waals surface area contributed by atoms with E-state index in [-0.39, 0.29) is 5.69 Å². The molecule has 2 aromatic rings. The van der Waals surface area contributed by atoms with Crippen molar-refractivity contribution in [2.75, 3.05) is 12.4 Å². The quantitative estimate of drug-likeness (QED) is 0.865. The molecule has 20 heavy (non-hydrogen) atoms. The Hall–Kier alpha value is -2.43. The molecule has 0 atom stereocenters. The number of ether oxygens (including phenoxy) is 1. The first-order valence-corrected chi connectivity index (χ1v) is 6.37. The van der Waals surface area contributed by atoms with Gasteiger partial charge in [-0.25, -0.2) is 9.78 Å². The molecule has 0 spiro atoms. The molecule has 0 fully saturated rings. The Morgan fingerprint density at radius 1 is 1.20 bits per heavy atom. The van der Waals surface area contributed by atoms with Gasteiger partial charge in [-0.2, -0.15) is 0 Å². The molecule has 2 rings (SSSR count). The van der Waals surface area contributed by atoms with Crippen LogP contribution in [0, 0.1) is 0 Å². The van der Waals surface area contributed by atoms with Crippen LogP contribution in [-0.2, 0) is 4.74 Å². The summed E-state index contributed by atoms with van der Waals surface area (Å²) in [5.41, 5.74) is 2.34. The van der Waals surface area contributed by atoms with E-state index < -0.39 is 5.97 Å². The summed E-state index contributed by atoms with van der Waals surface area (Å²) in [6.07, 6.45) is 2.93. The number of carbonyl (C=O) groups excluding carboxylic acids is 1. The molecule has 5 heteroatoms. The van der Waals surface area contributed by atoms with E-state index in [2.05, 4.69) is 46.0 Å². The number of hydrogen-bond acceptors (Lipinski definition) is 5. The molecule has 0 aliphatic carbocycles. The highest BCUT2D eigenvalue weighted by molar-refractivity contribution is 5.87. The molecule has 0 radical (unpaired) electrons. The number of aromatic nitrogens is 2. The Kier molecular flexibility index (Phi) is 4.30. The van der Waals surface area contributed by atoms with E-state index in [9.17, 15) is 4.79 Å². The zero-order chi connectivity index (χ0) is 14.5. The zero-order valence-corrected chi connectivity index (χ0v) is 11.8. The maximum absolute atomic E-state index is 11.4. The predicted octanol–water partition coefficient (Wildman–Crippen LogP) is 3.13. The molecule has 0 amide bonds. The van der Waals surface area contributed by atoms with Crippen LogP contribution in [0.3, 0.4) is 0 Å². The van der Waals surface area contributed by atoms with Crippen molar-refractivity contribution in [2.45, 2.75) is 19.8 Å². The van der Waals surface area contributed by atoms with Gasteiger partial charge in [0.25, 0.3) is 0 Å². The number of benzene rings is 1. The minimum atomic E-state index is -0.503. The summed E-state index contributed by atoms with van der Waals surface area (Å²) in [7, 11) is 1.31. The summed E-state index contributed by atoms with van der Waals surface area (Å²) < 4.78 is 4.61. The van der Waals surface area contributed by atoms with Crippen LogP contribution in [0.5, 0.6) is 0 Å². The van der Waals surface area contributed by atoms with Crippen LogP contribution >= 0.6 is 0 Å². The zero-order valence-electron chi connectivity index (χ0n) is 11.8. The molecule has 0 aliphatic rings. The van der Waals surface area contributed by atoms with E-state index in [0.717, 1.165) is 5.69 Å². The molecule has 0 unspecified atom stereocenters. The summed E-state index contributed by atoms with van der Waals surface area (Å²) >= 11 is 0. The highest BCUT2D eigenvalue weighted by Crippen LogP contribution is 2.19. The summed E-state index contributed by atoms with van der Waals surface area (Å²) in [6.45, 7) is 4.29. The first kappa shape index (κ1) is 14.0. The van der Waals surface area contributed by atoms with Crippen molar-refractivity contribution < 1.29 is 9.53 Å². The molecule has 5 nitrogen and oxygen atoms in total. The molecular weight excluding hydrogens is 254 g/mol. The lowest BCUT2D eigenvalue weighted by molar-refractivity contribution is 0.0593. The average molecular weight is 271 g/mol. The maximum Gasteiger partial charge on any atom is 0.358 e. The molecule has 0 saturated heterocycles. The highest BCUT2D eigenvalue weighted by atomic mass is 16.5. The third-order valence-electron chi connectivity index (χ3n) is 2.88. The molecule has 0 aliphatic heterocycles. The van der Waals surface area contributed by atoms with Crippen LogP contribution in [0.2, 0.25) is 0 Å². The van der Waals surface area contributed by atoms with E-state index in [1.165, 1.54) is 18.9 Å². The molecule has 104 valence electrons. The van der Waals surface area contributed by atoms with Crippen LogP contribution in [0.15, 0.2) is 36.7 Å². The van der Waals surface area contributed by atoms with Crippen molar-refractivity contribution in [1.82, 2.24) is 9.97 Å². The van der Waals surface area contributed by atoms with Gasteiger partial charge in [0.15, 0.2) is 5.69 Å². The highest BCUT2D eigenvalue weighted by Gasteiger charge is 2.08. The molecule has 1 aromatic carbocycles. The summed E-state index contributed by atoms with van der Waals surface area (Å²) in [5.74, 6) is 0.494. The molecule has 1 N–H and O–H groups in total. The molecule has 0 bridgehead atoms. The Morgan fingerprint density at radius 2 is 1.90 bits per heavy atom. The van der Waals surface area contributed by atoms with Gasteiger partial charge in [0.2, 0.25) is 0 Å². The van der Waals surface area contributed by atoms with E-state index in [0.29, 0.717) is 11.7 Å². The van der Waals surface area contributed by atoms with Gasteiger partial charge in [0.05, 0.1) is 19.5 Å². The van der Waals surface area contributed by atoms with Gasteiger partial charge in [-0.1, -0.05) is 26.0 Å². The van der Waals surface area contributed by atoms with Crippen molar-refractivity contribution >= 4 is 17.5 Å². The molecule has 1 aromatic heterocycles. The van der Waals surface area contributed by atoms with Crippen LogP contribution in [0.4, 0.5) is 11.5 Å². The van der Waals surface area contributed by atoms with Crippen molar-refractivity contribution in [3.63, 3.8) is 0 Å². The van der Waals surface area contributed by atoms with Gasteiger partial charge in [-0.3, -0.25) is 4.98 Å². The van der Waals surface area contributed by atoms with Crippen molar-refractivity contribution in [3.05, 3.63) is 47.9 Å². The Balaban J connectivity index is 2.15. The number of esters is 1. The Morgan fingerprint density at radius 3 is 2.50 bits per heavy atom. The average Bonchev–Trinajstić information content (AvgIpc) is 2.47. The Bertz CT molecular complexity index is 594. The minimum absolute atomic E-state index is 0.177. The van der Waals surface area contributed by atoms with Crippen molar-refractivity contribution in [2.24, 2.45) is 0 Å².